The Hall–Kier alpha value is -1.45. The summed E-state index contributed by atoms with van der Waals surface area (Å²) in [5.74, 6) is 1.01. The van der Waals surface area contributed by atoms with Gasteiger partial charge in [-0.15, -0.1) is 0 Å². The van der Waals surface area contributed by atoms with E-state index in [0.29, 0.717) is 5.25 Å². The Morgan fingerprint density at radius 3 is 1.78 bits per heavy atom. The highest BCUT2D eigenvalue weighted by atomic mass is 32.2. The van der Waals surface area contributed by atoms with Crippen molar-refractivity contribution in [3.05, 3.63) is 52.1 Å². The molecule has 1 aliphatic rings. The van der Waals surface area contributed by atoms with Gasteiger partial charge in [-0.05, 0) is 93.3 Å². The molecule has 0 aliphatic heterocycles. The zero-order valence-electron chi connectivity index (χ0n) is 17.4. The number of aliphatic hydroxyl groups excluding tert-OH is 1. The molecule has 0 radical (unpaired) electrons. The Labute approximate surface area is 167 Å². The minimum absolute atomic E-state index is 0.0635. The van der Waals surface area contributed by atoms with Crippen LogP contribution in [0, 0.1) is 27.7 Å². The number of benzene rings is 2. The average molecular weight is 386 g/mol. The van der Waals surface area contributed by atoms with Crippen molar-refractivity contribution in [3.8, 4) is 5.75 Å². The van der Waals surface area contributed by atoms with E-state index in [1.165, 1.54) is 64.1 Å². The van der Waals surface area contributed by atoms with Gasteiger partial charge in [-0.3, -0.25) is 0 Å². The normalized spacial score (nSPS) is 16.4. The van der Waals surface area contributed by atoms with Gasteiger partial charge in [-0.2, -0.15) is 0 Å². The molecular weight excluding hydrogens is 352 g/mol. The molecule has 0 saturated heterocycles. The summed E-state index contributed by atoms with van der Waals surface area (Å²) in [5, 5.41) is 10.4. The summed E-state index contributed by atoms with van der Waals surface area (Å²) in [6.07, 6.45) is 6.68. The van der Waals surface area contributed by atoms with Gasteiger partial charge in [0.1, 0.15) is 11.0 Å². The van der Waals surface area contributed by atoms with Crippen molar-refractivity contribution in [1.82, 2.24) is 0 Å². The van der Waals surface area contributed by atoms with Crippen LogP contribution >= 0.6 is 0 Å². The summed E-state index contributed by atoms with van der Waals surface area (Å²) >= 11 is 0. The van der Waals surface area contributed by atoms with E-state index in [-0.39, 0.29) is 17.5 Å². The van der Waals surface area contributed by atoms with E-state index in [4.69, 9.17) is 4.74 Å². The molecule has 3 heteroatoms. The Balaban J connectivity index is 2.13. The molecule has 2 aromatic rings. The lowest BCUT2D eigenvalue weighted by Gasteiger charge is -2.24. The summed E-state index contributed by atoms with van der Waals surface area (Å²) in [6, 6.07) is 9.33. The number of aryl methyl sites for hydroxylation is 4. The molecule has 27 heavy (non-hydrogen) atoms. The Kier molecular flexibility index (Phi) is 6.54. The number of aliphatic hydroxyl groups is 1. The lowest BCUT2D eigenvalue weighted by molar-refractivity contribution is 0.280. The minimum atomic E-state index is 0.0635. The van der Waals surface area contributed by atoms with Crippen LogP contribution in [0.4, 0.5) is 0 Å². The smallest absolute Gasteiger partial charge is 0.161 e. The largest absolute Gasteiger partial charge is 0.496 e. The third-order valence-corrected chi connectivity index (χ3v) is 8.48. The van der Waals surface area contributed by atoms with Gasteiger partial charge in [0, 0.05) is 12.1 Å². The van der Waals surface area contributed by atoms with Gasteiger partial charge >= 0.3 is 0 Å². The van der Waals surface area contributed by atoms with Crippen molar-refractivity contribution in [1.29, 1.82) is 0 Å². The maximum absolute atomic E-state index is 9.71. The Morgan fingerprint density at radius 2 is 1.33 bits per heavy atom. The van der Waals surface area contributed by atoms with E-state index in [2.05, 4.69) is 52.0 Å². The van der Waals surface area contributed by atoms with Gasteiger partial charge < -0.3 is 9.84 Å². The molecule has 1 N–H and O–H groups in total. The summed E-state index contributed by atoms with van der Waals surface area (Å²) in [7, 11) is 1.82. The monoisotopic (exact) mass is 385 g/mol. The zero-order valence-corrected chi connectivity index (χ0v) is 18.2. The molecule has 1 atom stereocenters. The van der Waals surface area contributed by atoms with Crippen LogP contribution in [-0.4, -0.2) is 17.5 Å². The second-order valence-corrected chi connectivity index (χ2v) is 10.2. The van der Waals surface area contributed by atoms with Crippen LogP contribution in [0.25, 0.3) is 0 Å². The molecule has 146 valence electrons. The third-order valence-electron chi connectivity index (χ3n) is 5.86. The van der Waals surface area contributed by atoms with Crippen molar-refractivity contribution in [2.75, 3.05) is 7.11 Å². The molecule has 0 aromatic heterocycles. The lowest BCUT2D eigenvalue weighted by atomic mass is 10.0. The summed E-state index contributed by atoms with van der Waals surface area (Å²) in [5.41, 5.74) is 5.95. The number of methoxy groups -OCH3 is 1. The van der Waals surface area contributed by atoms with Crippen LogP contribution < -0.4 is 4.74 Å². The highest BCUT2D eigenvalue weighted by Gasteiger charge is 2.37. The lowest BCUT2D eigenvalue weighted by Crippen LogP contribution is -2.25. The Morgan fingerprint density at radius 1 is 0.852 bits per heavy atom. The summed E-state index contributed by atoms with van der Waals surface area (Å²) < 4.78 is 5.61. The average Bonchev–Trinajstić information content (AvgIpc) is 2.62. The SMILES string of the molecule is COc1c(C)cc([S+](c2cc(C)c(CO)c(C)c2)C2CCCCC2)cc1C. The van der Waals surface area contributed by atoms with Gasteiger partial charge in [-0.25, -0.2) is 0 Å². The first-order valence-electron chi connectivity index (χ1n) is 10.1. The van der Waals surface area contributed by atoms with E-state index in [1.807, 2.05) is 0 Å². The third kappa shape index (κ3) is 4.20. The van der Waals surface area contributed by atoms with Crippen LogP contribution in [0.2, 0.25) is 0 Å². The second-order valence-electron chi connectivity index (χ2n) is 7.88. The molecule has 0 heterocycles. The fraction of sp³-hybridized carbons (Fsp3) is 0.500. The first-order chi connectivity index (χ1) is 13.0. The molecule has 0 bridgehead atoms. The molecule has 1 aliphatic carbocycles. The second kappa shape index (κ2) is 8.70. The van der Waals surface area contributed by atoms with E-state index in [9.17, 15) is 5.11 Å². The molecule has 2 nitrogen and oxygen atoms in total. The van der Waals surface area contributed by atoms with Crippen molar-refractivity contribution < 1.29 is 9.84 Å². The minimum Gasteiger partial charge on any atom is -0.496 e. The van der Waals surface area contributed by atoms with Crippen molar-refractivity contribution in [3.63, 3.8) is 0 Å². The standard InChI is InChI=1S/C24H33O2S/c1-16-11-21(12-17(2)23(16)15-25)27(20-9-7-6-8-10-20)22-13-18(3)24(26-5)19(4)14-22/h11-14,20,25H,6-10,15H2,1-5H3/q+1. The van der Waals surface area contributed by atoms with Gasteiger partial charge in [0.05, 0.1) is 24.6 Å². The number of ether oxygens (including phenoxy) is 1. The zero-order chi connectivity index (χ0) is 19.6. The predicted octanol–water partition coefficient (Wildman–Crippen LogP) is 5.79. The molecule has 1 saturated carbocycles. The Bertz CT molecular complexity index is 701. The topological polar surface area (TPSA) is 29.5 Å². The van der Waals surface area contributed by atoms with Crippen molar-refractivity contribution >= 4 is 10.9 Å². The maximum atomic E-state index is 9.71. The number of rotatable bonds is 5. The van der Waals surface area contributed by atoms with Crippen LogP contribution in [0.3, 0.4) is 0 Å². The maximum Gasteiger partial charge on any atom is 0.161 e. The van der Waals surface area contributed by atoms with Crippen LogP contribution in [-0.2, 0) is 17.5 Å². The van der Waals surface area contributed by atoms with Gasteiger partial charge in [0.25, 0.3) is 0 Å². The number of hydrogen-bond donors (Lipinski definition) is 1. The predicted molar refractivity (Wildman–Crippen MR) is 115 cm³/mol. The van der Waals surface area contributed by atoms with E-state index >= 15 is 0 Å². The number of hydrogen-bond acceptors (Lipinski definition) is 2. The van der Waals surface area contributed by atoms with Crippen LogP contribution in [0.15, 0.2) is 34.1 Å². The van der Waals surface area contributed by atoms with Crippen molar-refractivity contribution in [2.24, 2.45) is 0 Å². The van der Waals surface area contributed by atoms with Gasteiger partial charge in [0.2, 0.25) is 0 Å². The van der Waals surface area contributed by atoms with Gasteiger partial charge in [-0.1, -0.05) is 6.42 Å². The molecule has 0 amide bonds. The summed E-state index contributed by atoms with van der Waals surface area (Å²) in [6.45, 7) is 8.70. The fourth-order valence-corrected chi connectivity index (χ4v) is 7.57. The molecule has 1 unspecified atom stereocenters. The van der Waals surface area contributed by atoms with Gasteiger partial charge in [0.15, 0.2) is 9.79 Å². The first-order valence-corrected chi connectivity index (χ1v) is 11.3. The highest BCUT2D eigenvalue weighted by molar-refractivity contribution is 7.97. The van der Waals surface area contributed by atoms with E-state index in [0.717, 1.165) is 11.3 Å². The highest BCUT2D eigenvalue weighted by Crippen LogP contribution is 2.39. The van der Waals surface area contributed by atoms with Crippen LogP contribution in [0.5, 0.6) is 5.75 Å². The molecule has 2 aromatic carbocycles. The molecular formula is C24H33O2S+. The quantitative estimate of drug-likeness (QED) is 0.660. The molecule has 0 spiro atoms. The van der Waals surface area contributed by atoms with Crippen molar-refractivity contribution in [2.45, 2.75) is 81.4 Å². The molecule has 1 fully saturated rings. The van der Waals surface area contributed by atoms with E-state index in [1.54, 1.807) is 7.11 Å². The fourth-order valence-electron chi connectivity index (χ4n) is 4.51. The first kappa shape index (κ1) is 20.3. The summed E-state index contributed by atoms with van der Waals surface area (Å²) in [4.78, 5) is 2.87. The van der Waals surface area contributed by atoms with E-state index < -0.39 is 0 Å². The van der Waals surface area contributed by atoms with Crippen LogP contribution in [0.1, 0.15) is 59.9 Å². The molecule has 3 rings (SSSR count).